The fourth-order valence-corrected chi connectivity index (χ4v) is 2.46. The van der Waals surface area contributed by atoms with Gasteiger partial charge < -0.3 is 10.5 Å². The fourth-order valence-electron chi connectivity index (χ4n) is 1.83. The lowest BCUT2D eigenvalue weighted by Gasteiger charge is -2.14. The van der Waals surface area contributed by atoms with Crippen molar-refractivity contribution in [2.75, 3.05) is 7.11 Å². The monoisotopic (exact) mass is 266 g/mol. The first kappa shape index (κ1) is 13.0. The van der Waals surface area contributed by atoms with Gasteiger partial charge in [0.2, 0.25) is 0 Å². The minimum atomic E-state index is -0.322. The van der Waals surface area contributed by atoms with Crippen LogP contribution in [0.3, 0.4) is 0 Å². The highest BCUT2D eigenvalue weighted by molar-refractivity contribution is 7.09. The molecule has 0 saturated carbocycles. The molecule has 0 aliphatic heterocycles. The summed E-state index contributed by atoms with van der Waals surface area (Å²) in [6, 6.07) is 4.05. The number of rotatable bonds is 4. The molecule has 1 atom stereocenters. The molecule has 0 radical (unpaired) electrons. The minimum Gasteiger partial charge on any atom is -0.496 e. The zero-order valence-corrected chi connectivity index (χ0v) is 11.1. The van der Waals surface area contributed by atoms with Gasteiger partial charge in [-0.3, -0.25) is 0 Å². The van der Waals surface area contributed by atoms with Crippen molar-refractivity contribution in [3.05, 3.63) is 45.7 Å². The predicted molar refractivity (Wildman–Crippen MR) is 70.4 cm³/mol. The number of nitrogens with zero attached hydrogens (tertiary/aromatic N) is 1. The van der Waals surface area contributed by atoms with E-state index in [4.69, 9.17) is 10.5 Å². The molecule has 0 fully saturated rings. The Morgan fingerprint density at radius 3 is 2.89 bits per heavy atom. The van der Waals surface area contributed by atoms with Crippen molar-refractivity contribution in [2.24, 2.45) is 5.73 Å². The van der Waals surface area contributed by atoms with E-state index in [1.165, 1.54) is 12.1 Å². The minimum absolute atomic E-state index is 0.310. The molecule has 2 N–H and O–H groups in total. The van der Waals surface area contributed by atoms with Gasteiger partial charge in [-0.15, -0.1) is 11.3 Å². The van der Waals surface area contributed by atoms with E-state index in [9.17, 15) is 4.39 Å². The van der Waals surface area contributed by atoms with Crippen molar-refractivity contribution in [1.82, 2.24) is 4.98 Å². The van der Waals surface area contributed by atoms with Crippen molar-refractivity contribution in [2.45, 2.75) is 19.4 Å². The van der Waals surface area contributed by atoms with Gasteiger partial charge in [0.25, 0.3) is 0 Å². The topological polar surface area (TPSA) is 48.1 Å². The average Bonchev–Trinajstić information content (AvgIpc) is 2.74. The third kappa shape index (κ3) is 2.86. The van der Waals surface area contributed by atoms with E-state index >= 15 is 0 Å². The third-order valence-corrected chi connectivity index (χ3v) is 3.51. The molecule has 2 aromatic rings. The maximum atomic E-state index is 13.3. The van der Waals surface area contributed by atoms with Gasteiger partial charge in [-0.05, 0) is 25.1 Å². The summed E-state index contributed by atoms with van der Waals surface area (Å²) in [5.41, 5.74) is 7.70. The number of halogens is 1. The lowest BCUT2D eigenvalue weighted by molar-refractivity contribution is 0.403. The van der Waals surface area contributed by atoms with Crippen LogP contribution in [0, 0.1) is 12.7 Å². The maximum Gasteiger partial charge on any atom is 0.123 e. The Morgan fingerprint density at radius 2 is 2.28 bits per heavy atom. The highest BCUT2D eigenvalue weighted by Gasteiger charge is 2.15. The van der Waals surface area contributed by atoms with Crippen molar-refractivity contribution < 1.29 is 9.13 Å². The molecule has 1 aromatic carbocycles. The summed E-state index contributed by atoms with van der Waals surface area (Å²) in [4.78, 5) is 4.36. The van der Waals surface area contributed by atoms with Gasteiger partial charge in [0.05, 0.1) is 17.8 Å². The van der Waals surface area contributed by atoms with Gasteiger partial charge >= 0.3 is 0 Å². The molecular formula is C13H15FN2OS. The van der Waals surface area contributed by atoms with Gasteiger partial charge in [-0.25, -0.2) is 9.37 Å². The molecule has 1 heterocycles. The number of hydrogen-bond acceptors (Lipinski definition) is 4. The van der Waals surface area contributed by atoms with E-state index in [1.807, 2.05) is 12.3 Å². The Labute approximate surface area is 109 Å². The van der Waals surface area contributed by atoms with Crippen LogP contribution in [0.5, 0.6) is 5.75 Å². The summed E-state index contributed by atoms with van der Waals surface area (Å²) in [6.07, 6.45) is 0.574. The van der Waals surface area contributed by atoms with Crippen molar-refractivity contribution in [3.8, 4) is 5.75 Å². The normalized spacial score (nSPS) is 12.4. The zero-order chi connectivity index (χ0) is 13.1. The second kappa shape index (κ2) is 5.46. The molecule has 0 saturated heterocycles. The van der Waals surface area contributed by atoms with Crippen LogP contribution in [0.2, 0.25) is 0 Å². The van der Waals surface area contributed by atoms with E-state index in [2.05, 4.69) is 4.98 Å². The van der Waals surface area contributed by atoms with Crippen LogP contribution in [-0.4, -0.2) is 12.1 Å². The van der Waals surface area contributed by atoms with Gasteiger partial charge in [0.1, 0.15) is 11.6 Å². The van der Waals surface area contributed by atoms with E-state index < -0.39 is 0 Å². The van der Waals surface area contributed by atoms with Crippen LogP contribution < -0.4 is 10.5 Å². The van der Waals surface area contributed by atoms with E-state index in [0.717, 1.165) is 10.7 Å². The fraction of sp³-hybridized carbons (Fsp3) is 0.308. The third-order valence-electron chi connectivity index (χ3n) is 2.69. The van der Waals surface area contributed by atoms with Crippen LogP contribution in [0.25, 0.3) is 0 Å². The van der Waals surface area contributed by atoms with Crippen molar-refractivity contribution >= 4 is 11.3 Å². The number of ether oxygens (including phenoxy) is 1. The molecular weight excluding hydrogens is 251 g/mol. The Bertz CT molecular complexity index is 542. The summed E-state index contributed by atoms with van der Waals surface area (Å²) < 4.78 is 18.5. The number of benzene rings is 1. The highest BCUT2D eigenvalue weighted by Crippen LogP contribution is 2.27. The molecule has 1 unspecified atom stereocenters. The van der Waals surface area contributed by atoms with E-state index in [0.29, 0.717) is 17.7 Å². The summed E-state index contributed by atoms with van der Waals surface area (Å²) in [7, 11) is 1.55. The van der Waals surface area contributed by atoms with Gasteiger partial charge in [0.15, 0.2) is 0 Å². The lowest BCUT2D eigenvalue weighted by Crippen LogP contribution is -2.15. The Hall–Kier alpha value is -1.46. The molecule has 18 heavy (non-hydrogen) atoms. The summed E-state index contributed by atoms with van der Waals surface area (Å²) >= 11 is 1.58. The Balaban J connectivity index is 2.22. The first-order chi connectivity index (χ1) is 8.60. The predicted octanol–water partition coefficient (Wildman–Crippen LogP) is 2.84. The van der Waals surface area contributed by atoms with Gasteiger partial charge in [-0.1, -0.05) is 0 Å². The lowest BCUT2D eigenvalue weighted by atomic mass is 10.0. The molecule has 0 amide bonds. The summed E-state index contributed by atoms with van der Waals surface area (Å²) in [5.74, 6) is 0.298. The van der Waals surface area contributed by atoms with Crippen LogP contribution in [0.1, 0.15) is 22.3 Å². The van der Waals surface area contributed by atoms with Crippen molar-refractivity contribution in [3.63, 3.8) is 0 Å². The van der Waals surface area contributed by atoms with Crippen LogP contribution in [-0.2, 0) is 6.42 Å². The molecule has 5 heteroatoms. The van der Waals surface area contributed by atoms with Crippen LogP contribution >= 0.6 is 11.3 Å². The first-order valence-corrected chi connectivity index (χ1v) is 6.48. The number of nitrogens with two attached hydrogens (primary N) is 1. The first-order valence-electron chi connectivity index (χ1n) is 5.60. The molecule has 0 aliphatic rings. The van der Waals surface area contributed by atoms with Gasteiger partial charge in [-0.2, -0.15) is 0 Å². The molecule has 96 valence electrons. The molecule has 3 nitrogen and oxygen atoms in total. The Kier molecular flexibility index (Phi) is 3.93. The van der Waals surface area contributed by atoms with E-state index in [1.54, 1.807) is 24.5 Å². The Morgan fingerprint density at radius 1 is 1.50 bits per heavy atom. The molecule has 0 bridgehead atoms. The number of hydrogen-bond donors (Lipinski definition) is 1. The number of methoxy groups -OCH3 is 1. The van der Waals surface area contributed by atoms with Crippen molar-refractivity contribution in [1.29, 1.82) is 0 Å². The van der Waals surface area contributed by atoms with Gasteiger partial charge in [0, 0.05) is 23.4 Å². The number of aryl methyl sites for hydroxylation is 1. The largest absolute Gasteiger partial charge is 0.496 e. The van der Waals surface area contributed by atoms with Crippen LogP contribution in [0.4, 0.5) is 4.39 Å². The molecule has 0 aliphatic carbocycles. The molecule has 2 rings (SSSR count). The summed E-state index contributed by atoms with van der Waals surface area (Å²) in [6.45, 7) is 1.95. The zero-order valence-electron chi connectivity index (χ0n) is 10.3. The number of aromatic nitrogens is 1. The highest BCUT2D eigenvalue weighted by atomic mass is 32.1. The molecule has 1 aromatic heterocycles. The number of thiazole rings is 1. The van der Waals surface area contributed by atoms with Crippen LogP contribution in [0.15, 0.2) is 23.6 Å². The standard InChI is InChI=1S/C13H15FN2OS/c1-8-16-10(7-18-8)6-12(15)11-5-9(14)3-4-13(11)17-2/h3-5,7,12H,6,15H2,1-2H3. The average molecular weight is 266 g/mol. The summed E-state index contributed by atoms with van der Waals surface area (Å²) in [5, 5.41) is 2.98. The SMILES string of the molecule is COc1ccc(F)cc1C(N)Cc1csc(C)n1. The maximum absolute atomic E-state index is 13.3. The molecule has 0 spiro atoms. The second-order valence-corrected chi connectivity index (χ2v) is 5.12. The quantitative estimate of drug-likeness (QED) is 0.925. The smallest absolute Gasteiger partial charge is 0.123 e. The van der Waals surface area contributed by atoms with E-state index in [-0.39, 0.29) is 11.9 Å². The second-order valence-electron chi connectivity index (χ2n) is 4.05.